The highest BCUT2D eigenvalue weighted by Gasteiger charge is 2.30. The van der Waals surface area contributed by atoms with Crippen LogP contribution in [0.1, 0.15) is 23.3 Å². The van der Waals surface area contributed by atoms with Crippen LogP contribution in [-0.4, -0.2) is 22.0 Å². The van der Waals surface area contributed by atoms with E-state index in [9.17, 15) is 9.59 Å². The predicted molar refractivity (Wildman–Crippen MR) is 115 cm³/mol. The Morgan fingerprint density at radius 2 is 2.21 bits per heavy atom. The molecule has 1 aliphatic carbocycles. The third kappa shape index (κ3) is 4.75. The maximum Gasteiger partial charge on any atom is 0.264 e. The van der Waals surface area contributed by atoms with Gasteiger partial charge in [0, 0.05) is 22.2 Å². The topological polar surface area (TPSA) is 83.4 Å². The third-order valence-electron chi connectivity index (χ3n) is 4.03. The van der Waals surface area contributed by atoms with Crippen LogP contribution in [0.3, 0.4) is 0 Å². The van der Waals surface area contributed by atoms with Gasteiger partial charge in [-0.3, -0.25) is 14.6 Å². The number of amides is 2. The Labute approximate surface area is 179 Å². The van der Waals surface area contributed by atoms with Crippen molar-refractivity contribution in [3.63, 3.8) is 0 Å². The SMILES string of the molecule is O=C1NC(=NCc2cc(Cl)ccc2Cl)S/C1=C\c1cnc(NC(=O)C2CC2)s1. The Bertz CT molecular complexity index is 1010. The molecule has 0 radical (unpaired) electrons. The Balaban J connectivity index is 1.42. The molecule has 1 aromatic heterocycles. The molecule has 2 N–H and O–H groups in total. The molecule has 0 spiro atoms. The molecule has 6 nitrogen and oxygen atoms in total. The van der Waals surface area contributed by atoms with Gasteiger partial charge < -0.3 is 10.6 Å². The van der Waals surface area contributed by atoms with Crippen LogP contribution < -0.4 is 10.6 Å². The average Bonchev–Trinajstić information content (AvgIpc) is 3.34. The molecule has 1 aromatic carbocycles. The molecule has 4 rings (SSSR count). The van der Waals surface area contributed by atoms with Crippen molar-refractivity contribution >= 4 is 74.5 Å². The number of carbonyl (C=O) groups excluding carboxylic acids is 2. The summed E-state index contributed by atoms with van der Waals surface area (Å²) in [5.74, 6) is -0.0952. The van der Waals surface area contributed by atoms with Gasteiger partial charge in [0.15, 0.2) is 10.3 Å². The van der Waals surface area contributed by atoms with Crippen molar-refractivity contribution in [2.24, 2.45) is 10.9 Å². The van der Waals surface area contributed by atoms with Gasteiger partial charge in [-0.1, -0.05) is 34.5 Å². The fourth-order valence-corrected chi connectivity index (χ4v) is 4.44. The quantitative estimate of drug-likeness (QED) is 0.651. The number of hydrogen-bond donors (Lipinski definition) is 2. The molecular formula is C18H14Cl2N4O2S2. The molecule has 28 heavy (non-hydrogen) atoms. The van der Waals surface area contributed by atoms with Crippen LogP contribution in [0.15, 0.2) is 34.3 Å². The number of thiazole rings is 1. The van der Waals surface area contributed by atoms with Gasteiger partial charge in [0.1, 0.15) is 0 Å². The van der Waals surface area contributed by atoms with Crippen molar-refractivity contribution in [3.05, 3.63) is 49.8 Å². The summed E-state index contributed by atoms with van der Waals surface area (Å²) in [4.78, 5) is 33.9. The number of thioether (sulfide) groups is 1. The monoisotopic (exact) mass is 452 g/mol. The van der Waals surface area contributed by atoms with Crippen molar-refractivity contribution in [3.8, 4) is 0 Å². The van der Waals surface area contributed by atoms with Crippen LogP contribution in [0, 0.1) is 5.92 Å². The lowest BCUT2D eigenvalue weighted by Crippen LogP contribution is -2.19. The standard InChI is InChI=1S/C18H14Cl2N4O2S2/c19-11-3-4-13(20)10(5-11)7-21-18-24-16(26)14(28-18)6-12-8-22-17(27-12)23-15(25)9-1-2-9/h3-6,8-9H,1-2,7H2,(H,21,24,26)(H,22,23,25)/b14-6-. The molecule has 0 unspecified atom stereocenters. The van der Waals surface area contributed by atoms with E-state index in [2.05, 4.69) is 20.6 Å². The van der Waals surface area contributed by atoms with E-state index in [1.54, 1.807) is 30.5 Å². The number of rotatable bonds is 5. The Morgan fingerprint density at radius 3 is 3.00 bits per heavy atom. The van der Waals surface area contributed by atoms with Gasteiger partial charge >= 0.3 is 0 Å². The minimum Gasteiger partial charge on any atom is -0.302 e. The number of amidine groups is 1. The normalized spacial score (nSPS) is 19.3. The second-order valence-electron chi connectivity index (χ2n) is 6.25. The van der Waals surface area contributed by atoms with Crippen LogP contribution >= 0.6 is 46.3 Å². The van der Waals surface area contributed by atoms with Crippen LogP contribution in [0.4, 0.5) is 5.13 Å². The zero-order chi connectivity index (χ0) is 19.7. The van der Waals surface area contributed by atoms with Gasteiger partial charge in [0.25, 0.3) is 5.91 Å². The van der Waals surface area contributed by atoms with Crippen molar-refractivity contribution in [1.82, 2.24) is 10.3 Å². The first kappa shape index (κ1) is 19.4. The van der Waals surface area contributed by atoms with Crippen molar-refractivity contribution < 1.29 is 9.59 Å². The summed E-state index contributed by atoms with van der Waals surface area (Å²) in [6.07, 6.45) is 5.25. The lowest BCUT2D eigenvalue weighted by atomic mass is 10.2. The summed E-state index contributed by atoms with van der Waals surface area (Å²) in [6.45, 7) is 0.313. The number of halogens is 2. The molecular weight excluding hydrogens is 439 g/mol. The maximum atomic E-state index is 12.2. The number of nitrogens with zero attached hydrogens (tertiary/aromatic N) is 2. The number of aliphatic imine (C=N–C) groups is 1. The van der Waals surface area contributed by atoms with Crippen LogP contribution in [-0.2, 0) is 16.1 Å². The number of anilines is 1. The Kier molecular flexibility index (Phi) is 5.73. The average molecular weight is 453 g/mol. The van der Waals surface area contributed by atoms with E-state index in [4.69, 9.17) is 23.2 Å². The molecule has 144 valence electrons. The van der Waals surface area contributed by atoms with Crippen molar-refractivity contribution in [2.45, 2.75) is 19.4 Å². The van der Waals surface area contributed by atoms with Gasteiger partial charge in [0.2, 0.25) is 5.91 Å². The van der Waals surface area contributed by atoms with Crippen LogP contribution in [0.25, 0.3) is 6.08 Å². The fraction of sp³-hybridized carbons (Fsp3) is 0.222. The maximum absolute atomic E-state index is 12.2. The van der Waals surface area contributed by atoms with E-state index >= 15 is 0 Å². The molecule has 1 saturated carbocycles. The summed E-state index contributed by atoms with van der Waals surface area (Å²) in [5.41, 5.74) is 0.785. The molecule has 2 aromatic rings. The molecule has 2 heterocycles. The predicted octanol–water partition coefficient (Wildman–Crippen LogP) is 4.56. The lowest BCUT2D eigenvalue weighted by molar-refractivity contribution is -0.117. The Hall–Kier alpha value is -1.87. The van der Waals surface area contributed by atoms with Gasteiger partial charge in [-0.25, -0.2) is 4.98 Å². The van der Waals surface area contributed by atoms with Crippen LogP contribution in [0.2, 0.25) is 10.0 Å². The Morgan fingerprint density at radius 1 is 1.39 bits per heavy atom. The van der Waals surface area contributed by atoms with E-state index in [1.165, 1.54) is 23.1 Å². The summed E-state index contributed by atoms with van der Waals surface area (Å²) < 4.78 is 0. The zero-order valence-corrected chi connectivity index (χ0v) is 17.5. The number of hydrogen-bond acceptors (Lipinski definition) is 6. The summed E-state index contributed by atoms with van der Waals surface area (Å²) in [7, 11) is 0. The minimum absolute atomic E-state index is 0.00985. The second kappa shape index (κ2) is 8.24. The van der Waals surface area contributed by atoms with E-state index in [1.807, 2.05) is 0 Å². The number of benzene rings is 1. The molecule has 1 aliphatic heterocycles. The first-order chi connectivity index (χ1) is 13.5. The van der Waals surface area contributed by atoms with Gasteiger partial charge in [-0.05, 0) is 54.4 Å². The van der Waals surface area contributed by atoms with E-state index < -0.39 is 0 Å². The molecule has 0 atom stereocenters. The number of aromatic nitrogens is 1. The number of nitrogens with one attached hydrogen (secondary N) is 2. The minimum atomic E-state index is -0.224. The first-order valence-electron chi connectivity index (χ1n) is 8.44. The van der Waals surface area contributed by atoms with E-state index in [0.29, 0.717) is 31.8 Å². The first-order valence-corrected chi connectivity index (χ1v) is 10.8. The highest BCUT2D eigenvalue weighted by atomic mass is 35.5. The molecule has 10 heteroatoms. The van der Waals surface area contributed by atoms with Gasteiger partial charge in [-0.15, -0.1) is 0 Å². The fourth-order valence-electron chi connectivity index (χ4n) is 2.42. The number of carbonyl (C=O) groups is 2. The molecule has 0 bridgehead atoms. The molecule has 1 saturated heterocycles. The van der Waals surface area contributed by atoms with Crippen LogP contribution in [0.5, 0.6) is 0 Å². The van der Waals surface area contributed by atoms with E-state index in [-0.39, 0.29) is 17.7 Å². The molecule has 2 aliphatic rings. The van der Waals surface area contributed by atoms with Gasteiger partial charge in [0.05, 0.1) is 16.3 Å². The third-order valence-corrected chi connectivity index (χ3v) is 6.44. The molecule has 2 fully saturated rings. The summed E-state index contributed by atoms with van der Waals surface area (Å²) in [5, 5.41) is 7.73. The summed E-state index contributed by atoms with van der Waals surface area (Å²) in [6, 6.07) is 5.18. The second-order valence-corrected chi connectivity index (χ2v) is 9.19. The highest BCUT2D eigenvalue weighted by molar-refractivity contribution is 8.18. The highest BCUT2D eigenvalue weighted by Crippen LogP contribution is 2.32. The largest absolute Gasteiger partial charge is 0.302 e. The van der Waals surface area contributed by atoms with Crippen molar-refractivity contribution in [2.75, 3.05) is 5.32 Å². The van der Waals surface area contributed by atoms with Crippen molar-refractivity contribution in [1.29, 1.82) is 0 Å². The van der Waals surface area contributed by atoms with Gasteiger partial charge in [-0.2, -0.15) is 0 Å². The molecule has 2 amide bonds. The van der Waals surface area contributed by atoms with E-state index in [0.717, 1.165) is 23.3 Å². The summed E-state index contributed by atoms with van der Waals surface area (Å²) >= 11 is 14.7. The zero-order valence-electron chi connectivity index (χ0n) is 14.4. The lowest BCUT2D eigenvalue weighted by Gasteiger charge is -2.02. The smallest absolute Gasteiger partial charge is 0.264 e.